The predicted molar refractivity (Wildman–Crippen MR) is 113 cm³/mol. The van der Waals surface area contributed by atoms with E-state index in [9.17, 15) is 0 Å². The average molecular weight is 444 g/mol. The van der Waals surface area contributed by atoms with Crippen LogP contribution in [0.3, 0.4) is 0 Å². The highest BCUT2D eigenvalue weighted by Gasteiger charge is 2.23. The van der Waals surface area contributed by atoms with E-state index in [4.69, 9.17) is 4.99 Å². The zero-order valence-electron chi connectivity index (χ0n) is 15.5. The average Bonchev–Trinajstić information content (AvgIpc) is 2.54. The Morgan fingerprint density at radius 1 is 1.29 bits per heavy atom. The maximum absolute atomic E-state index is 4.72. The highest BCUT2D eigenvalue weighted by atomic mass is 127. The van der Waals surface area contributed by atoms with Crippen LogP contribution in [0.1, 0.15) is 57.7 Å². The molecule has 0 saturated heterocycles. The first-order valence-electron chi connectivity index (χ1n) is 9.05. The molecule has 1 aromatic heterocycles. The molecule has 5 heteroatoms. The fraction of sp³-hybridized carbons (Fsp3) is 0.684. The van der Waals surface area contributed by atoms with Gasteiger partial charge in [0.2, 0.25) is 0 Å². The minimum Gasteiger partial charge on any atom is -0.357 e. The standard InChI is InChI=1S/C19H32N4.HI/c1-5-20-19(22-13-18-15(4)7-6-12-21-18)23-17-10-8-16(9-11-17)14(2)3;/h6-7,12,14,16-17H,5,8-11,13H2,1-4H3,(H2,20,22,23);1H. The van der Waals surface area contributed by atoms with E-state index in [2.05, 4.69) is 49.4 Å². The Hall–Kier alpha value is -0.850. The lowest BCUT2D eigenvalue weighted by Gasteiger charge is -2.32. The number of guanidine groups is 1. The fourth-order valence-corrected chi connectivity index (χ4v) is 3.28. The summed E-state index contributed by atoms with van der Waals surface area (Å²) in [4.78, 5) is 9.15. The molecule has 1 heterocycles. The van der Waals surface area contributed by atoms with Crippen molar-refractivity contribution in [2.45, 2.75) is 66.0 Å². The number of pyridine rings is 1. The van der Waals surface area contributed by atoms with E-state index in [1.807, 2.05) is 12.3 Å². The van der Waals surface area contributed by atoms with Gasteiger partial charge in [0, 0.05) is 18.8 Å². The van der Waals surface area contributed by atoms with Gasteiger partial charge in [0.25, 0.3) is 0 Å². The molecule has 1 aromatic rings. The maximum Gasteiger partial charge on any atom is 0.191 e. The SMILES string of the molecule is CCNC(=NCc1ncccc1C)NC1CCC(C(C)C)CC1.I. The van der Waals surface area contributed by atoms with Crippen LogP contribution >= 0.6 is 24.0 Å². The van der Waals surface area contributed by atoms with E-state index in [-0.39, 0.29) is 24.0 Å². The van der Waals surface area contributed by atoms with Gasteiger partial charge >= 0.3 is 0 Å². The van der Waals surface area contributed by atoms with Crippen molar-refractivity contribution < 1.29 is 0 Å². The molecule has 2 rings (SSSR count). The molecule has 0 spiro atoms. The maximum atomic E-state index is 4.72. The monoisotopic (exact) mass is 444 g/mol. The van der Waals surface area contributed by atoms with Gasteiger partial charge in [-0.15, -0.1) is 24.0 Å². The van der Waals surface area contributed by atoms with Crippen LogP contribution in [0.2, 0.25) is 0 Å². The van der Waals surface area contributed by atoms with Gasteiger partial charge in [0.15, 0.2) is 5.96 Å². The molecular formula is C19H33IN4. The van der Waals surface area contributed by atoms with Crippen LogP contribution in [0.4, 0.5) is 0 Å². The van der Waals surface area contributed by atoms with E-state index in [1.165, 1.54) is 31.2 Å². The number of rotatable bonds is 5. The summed E-state index contributed by atoms with van der Waals surface area (Å²) in [7, 11) is 0. The van der Waals surface area contributed by atoms with E-state index in [0.29, 0.717) is 12.6 Å². The van der Waals surface area contributed by atoms with Crippen molar-refractivity contribution >= 4 is 29.9 Å². The number of nitrogens with one attached hydrogen (secondary N) is 2. The minimum absolute atomic E-state index is 0. The van der Waals surface area contributed by atoms with Crippen molar-refractivity contribution in [2.75, 3.05) is 6.54 Å². The van der Waals surface area contributed by atoms with Crippen LogP contribution in [0.15, 0.2) is 23.3 Å². The molecule has 2 N–H and O–H groups in total. The number of hydrogen-bond acceptors (Lipinski definition) is 2. The van der Waals surface area contributed by atoms with E-state index in [1.54, 1.807) is 0 Å². The molecule has 0 atom stereocenters. The van der Waals surface area contributed by atoms with Gasteiger partial charge in [-0.1, -0.05) is 19.9 Å². The smallest absolute Gasteiger partial charge is 0.191 e. The molecule has 0 aliphatic heterocycles. The third-order valence-corrected chi connectivity index (χ3v) is 4.90. The van der Waals surface area contributed by atoms with Crippen LogP contribution in [0, 0.1) is 18.8 Å². The summed E-state index contributed by atoms with van der Waals surface area (Å²) in [5.41, 5.74) is 2.25. The van der Waals surface area contributed by atoms with E-state index in [0.717, 1.165) is 30.0 Å². The van der Waals surface area contributed by atoms with Crippen LogP contribution in [0.25, 0.3) is 0 Å². The molecule has 1 aliphatic rings. The van der Waals surface area contributed by atoms with Crippen LogP contribution in [-0.4, -0.2) is 23.5 Å². The number of halogens is 1. The minimum atomic E-state index is 0. The first-order chi connectivity index (χ1) is 11.1. The van der Waals surface area contributed by atoms with Gasteiger partial charge in [0.1, 0.15) is 0 Å². The van der Waals surface area contributed by atoms with Crippen LogP contribution in [-0.2, 0) is 6.54 Å². The summed E-state index contributed by atoms with van der Waals surface area (Å²) >= 11 is 0. The Bertz CT molecular complexity index is 508. The highest BCUT2D eigenvalue weighted by Crippen LogP contribution is 2.29. The summed E-state index contributed by atoms with van der Waals surface area (Å²) in [6.07, 6.45) is 6.99. The summed E-state index contributed by atoms with van der Waals surface area (Å²) in [5.74, 6) is 2.62. The Labute approximate surface area is 164 Å². The highest BCUT2D eigenvalue weighted by molar-refractivity contribution is 14.0. The topological polar surface area (TPSA) is 49.3 Å². The predicted octanol–water partition coefficient (Wildman–Crippen LogP) is 4.28. The van der Waals surface area contributed by atoms with Gasteiger partial charge in [-0.3, -0.25) is 4.98 Å². The van der Waals surface area contributed by atoms with Gasteiger partial charge in [-0.2, -0.15) is 0 Å². The fourth-order valence-electron chi connectivity index (χ4n) is 3.28. The Morgan fingerprint density at radius 2 is 2.00 bits per heavy atom. The second-order valence-corrected chi connectivity index (χ2v) is 6.96. The van der Waals surface area contributed by atoms with Crippen LogP contribution in [0.5, 0.6) is 0 Å². The molecule has 136 valence electrons. The molecule has 0 radical (unpaired) electrons. The molecule has 0 aromatic carbocycles. The zero-order chi connectivity index (χ0) is 16.7. The number of nitrogens with zero attached hydrogens (tertiary/aromatic N) is 2. The first kappa shape index (κ1) is 21.2. The van der Waals surface area contributed by atoms with Crippen molar-refractivity contribution in [2.24, 2.45) is 16.8 Å². The van der Waals surface area contributed by atoms with Crippen LogP contribution < -0.4 is 10.6 Å². The zero-order valence-corrected chi connectivity index (χ0v) is 17.8. The van der Waals surface area contributed by atoms with Gasteiger partial charge in [-0.05, 0) is 63.0 Å². The van der Waals surface area contributed by atoms with Crippen molar-refractivity contribution in [3.05, 3.63) is 29.6 Å². The number of aliphatic imine (C=N–C) groups is 1. The van der Waals surface area contributed by atoms with E-state index < -0.39 is 0 Å². The molecule has 4 nitrogen and oxygen atoms in total. The lowest BCUT2D eigenvalue weighted by atomic mass is 9.80. The van der Waals surface area contributed by atoms with E-state index >= 15 is 0 Å². The van der Waals surface area contributed by atoms with Gasteiger partial charge in [0.05, 0.1) is 12.2 Å². The third-order valence-electron chi connectivity index (χ3n) is 4.90. The first-order valence-corrected chi connectivity index (χ1v) is 9.05. The molecule has 0 unspecified atom stereocenters. The van der Waals surface area contributed by atoms with Gasteiger partial charge < -0.3 is 10.6 Å². The van der Waals surface area contributed by atoms with Gasteiger partial charge in [-0.25, -0.2) is 4.99 Å². The second kappa shape index (κ2) is 10.9. The molecule has 1 saturated carbocycles. The molecule has 1 fully saturated rings. The molecule has 0 bridgehead atoms. The normalized spacial score (nSPS) is 21.3. The largest absolute Gasteiger partial charge is 0.357 e. The summed E-state index contributed by atoms with van der Waals surface area (Å²) in [6.45, 7) is 10.4. The summed E-state index contributed by atoms with van der Waals surface area (Å²) < 4.78 is 0. The van der Waals surface area contributed by atoms with Crippen molar-refractivity contribution in [1.29, 1.82) is 0 Å². The summed E-state index contributed by atoms with van der Waals surface area (Å²) in [5, 5.41) is 6.98. The molecular weight excluding hydrogens is 411 g/mol. The quantitative estimate of drug-likeness (QED) is 0.405. The Morgan fingerprint density at radius 3 is 2.58 bits per heavy atom. The molecule has 0 amide bonds. The second-order valence-electron chi connectivity index (χ2n) is 6.96. The molecule has 24 heavy (non-hydrogen) atoms. The lowest BCUT2D eigenvalue weighted by molar-refractivity contribution is 0.250. The van der Waals surface area contributed by atoms with Crippen molar-refractivity contribution in [1.82, 2.24) is 15.6 Å². The summed E-state index contributed by atoms with van der Waals surface area (Å²) in [6, 6.07) is 4.61. The third kappa shape index (κ3) is 6.57. The van der Waals surface area contributed by atoms with Crippen molar-refractivity contribution in [3.63, 3.8) is 0 Å². The number of aromatic nitrogens is 1. The Balaban J connectivity index is 0.00000288. The Kier molecular flexibility index (Phi) is 9.63. The number of hydrogen-bond donors (Lipinski definition) is 2. The lowest BCUT2D eigenvalue weighted by Crippen LogP contribution is -2.45. The van der Waals surface area contributed by atoms with Crippen molar-refractivity contribution in [3.8, 4) is 0 Å². The number of aryl methyl sites for hydroxylation is 1. The molecule has 1 aliphatic carbocycles.